The second-order valence-corrected chi connectivity index (χ2v) is 4.36. The molecule has 3 aliphatic rings. The van der Waals surface area contributed by atoms with Crippen molar-refractivity contribution in [1.82, 2.24) is 0 Å². The van der Waals surface area contributed by atoms with Crippen LogP contribution in [0.1, 0.15) is 32.6 Å². The first-order valence-corrected chi connectivity index (χ1v) is 4.36. The molecule has 0 heteroatoms. The Morgan fingerprint density at radius 1 is 1.22 bits per heavy atom. The average Bonchev–Trinajstić information content (AvgIpc) is 2.60. The van der Waals surface area contributed by atoms with Gasteiger partial charge in [-0.1, -0.05) is 19.8 Å². The zero-order chi connectivity index (χ0) is 6.06. The van der Waals surface area contributed by atoms with Crippen LogP contribution < -0.4 is 0 Å². The van der Waals surface area contributed by atoms with Gasteiger partial charge in [-0.2, -0.15) is 0 Å². The van der Waals surface area contributed by atoms with E-state index in [1.165, 1.54) is 24.7 Å². The van der Waals surface area contributed by atoms with Crippen molar-refractivity contribution in [1.29, 1.82) is 0 Å². The van der Waals surface area contributed by atoms with Crippen LogP contribution in [0.5, 0.6) is 0 Å². The molecule has 3 fully saturated rings. The van der Waals surface area contributed by atoms with Gasteiger partial charge in [0.25, 0.3) is 0 Å². The molecule has 0 aromatic carbocycles. The molecule has 3 rings (SSSR count). The van der Waals surface area contributed by atoms with Crippen molar-refractivity contribution in [3.8, 4) is 0 Å². The van der Waals surface area contributed by atoms with Crippen LogP contribution in [0.15, 0.2) is 0 Å². The summed E-state index contributed by atoms with van der Waals surface area (Å²) in [5.41, 5.74) is 0.970. The minimum absolute atomic E-state index is 0.970. The third-order valence-electron chi connectivity index (χ3n) is 4.24. The van der Waals surface area contributed by atoms with Crippen molar-refractivity contribution < 1.29 is 0 Å². The standard InChI is InChI=1S/C9H14/c1-6-3-2-4-7-8-5-9(6,7)8/h6-8H,2-5H2,1H3. The predicted molar refractivity (Wildman–Crippen MR) is 37.0 cm³/mol. The first kappa shape index (κ1) is 4.76. The number of hydrogen-bond donors (Lipinski definition) is 0. The highest BCUT2D eigenvalue weighted by Gasteiger charge is 2.80. The lowest BCUT2D eigenvalue weighted by Gasteiger charge is -2.24. The van der Waals surface area contributed by atoms with Crippen molar-refractivity contribution in [2.24, 2.45) is 23.2 Å². The molecule has 0 saturated heterocycles. The van der Waals surface area contributed by atoms with E-state index >= 15 is 0 Å². The zero-order valence-electron chi connectivity index (χ0n) is 6.06. The van der Waals surface area contributed by atoms with Gasteiger partial charge < -0.3 is 0 Å². The van der Waals surface area contributed by atoms with E-state index < -0.39 is 0 Å². The lowest BCUT2D eigenvalue weighted by atomic mass is 9.81. The maximum absolute atomic E-state index is 2.47. The molecule has 0 aromatic heterocycles. The fourth-order valence-electron chi connectivity index (χ4n) is 3.40. The molecule has 0 radical (unpaired) electrons. The molecular weight excluding hydrogens is 108 g/mol. The third-order valence-corrected chi connectivity index (χ3v) is 4.24. The topological polar surface area (TPSA) is 0 Å². The van der Waals surface area contributed by atoms with Gasteiger partial charge in [0.15, 0.2) is 0 Å². The number of hydrogen-bond acceptors (Lipinski definition) is 0. The van der Waals surface area contributed by atoms with E-state index in [1.54, 1.807) is 12.8 Å². The van der Waals surface area contributed by atoms with Crippen LogP contribution in [0.25, 0.3) is 0 Å². The molecular formula is C9H14. The highest BCUT2D eigenvalue weighted by molar-refractivity contribution is 5.28. The van der Waals surface area contributed by atoms with E-state index in [0.717, 1.165) is 11.3 Å². The molecule has 0 heterocycles. The van der Waals surface area contributed by atoms with Crippen LogP contribution in [0.2, 0.25) is 0 Å². The van der Waals surface area contributed by atoms with Crippen LogP contribution >= 0.6 is 0 Å². The Kier molecular flexibility index (Phi) is 0.574. The molecule has 1 spiro atoms. The van der Waals surface area contributed by atoms with Gasteiger partial charge >= 0.3 is 0 Å². The molecule has 9 heavy (non-hydrogen) atoms. The Balaban J connectivity index is 1.91. The molecule has 0 aliphatic heterocycles. The van der Waals surface area contributed by atoms with E-state index in [1.807, 2.05) is 0 Å². The summed E-state index contributed by atoms with van der Waals surface area (Å²) in [5, 5.41) is 0. The molecule has 50 valence electrons. The van der Waals surface area contributed by atoms with E-state index in [9.17, 15) is 0 Å². The molecule has 0 aromatic rings. The average molecular weight is 122 g/mol. The van der Waals surface area contributed by atoms with Crippen molar-refractivity contribution in [2.75, 3.05) is 0 Å². The maximum atomic E-state index is 2.47. The summed E-state index contributed by atoms with van der Waals surface area (Å²) in [7, 11) is 0. The van der Waals surface area contributed by atoms with E-state index in [4.69, 9.17) is 0 Å². The minimum Gasteiger partial charge on any atom is -0.0620 e. The smallest absolute Gasteiger partial charge is 0.0206 e. The summed E-state index contributed by atoms with van der Waals surface area (Å²) < 4.78 is 0. The highest BCUT2D eigenvalue weighted by atomic mass is 14.8. The van der Waals surface area contributed by atoms with Crippen LogP contribution in [0.4, 0.5) is 0 Å². The molecule has 0 bridgehead atoms. The predicted octanol–water partition coefficient (Wildman–Crippen LogP) is 2.44. The van der Waals surface area contributed by atoms with E-state index in [2.05, 4.69) is 6.92 Å². The molecule has 4 atom stereocenters. The van der Waals surface area contributed by atoms with Gasteiger partial charge in [-0.3, -0.25) is 0 Å². The largest absolute Gasteiger partial charge is 0.0620 e. The fourth-order valence-corrected chi connectivity index (χ4v) is 3.40. The molecule has 3 saturated carbocycles. The Morgan fingerprint density at radius 2 is 2.11 bits per heavy atom. The third kappa shape index (κ3) is 0.342. The monoisotopic (exact) mass is 122 g/mol. The summed E-state index contributed by atoms with van der Waals surface area (Å²) in [6.45, 7) is 2.47. The minimum atomic E-state index is 0.970. The lowest BCUT2D eigenvalue weighted by Crippen LogP contribution is -2.14. The molecule has 0 amide bonds. The Morgan fingerprint density at radius 3 is 2.67 bits per heavy atom. The highest BCUT2D eigenvalue weighted by Crippen LogP contribution is 2.86. The van der Waals surface area contributed by atoms with Crippen molar-refractivity contribution in [3.05, 3.63) is 0 Å². The summed E-state index contributed by atoms with van der Waals surface area (Å²) in [4.78, 5) is 0. The van der Waals surface area contributed by atoms with Gasteiger partial charge in [0.05, 0.1) is 0 Å². The van der Waals surface area contributed by atoms with Gasteiger partial charge in [0.2, 0.25) is 0 Å². The Labute approximate surface area is 56.6 Å². The lowest BCUT2D eigenvalue weighted by molar-refractivity contribution is 0.262. The van der Waals surface area contributed by atoms with Crippen LogP contribution in [0.3, 0.4) is 0 Å². The Hall–Kier alpha value is 0. The number of fused-ring (bicyclic) bond motifs is 1. The second kappa shape index (κ2) is 1.09. The van der Waals surface area contributed by atoms with Crippen molar-refractivity contribution in [2.45, 2.75) is 32.6 Å². The summed E-state index contributed by atoms with van der Waals surface area (Å²) >= 11 is 0. The molecule has 0 N–H and O–H groups in total. The second-order valence-electron chi connectivity index (χ2n) is 4.36. The van der Waals surface area contributed by atoms with Gasteiger partial charge in [-0.05, 0) is 36.0 Å². The van der Waals surface area contributed by atoms with Gasteiger partial charge in [0, 0.05) is 0 Å². The van der Waals surface area contributed by atoms with E-state index in [-0.39, 0.29) is 0 Å². The molecule has 4 unspecified atom stereocenters. The quantitative estimate of drug-likeness (QED) is 0.463. The summed E-state index contributed by atoms with van der Waals surface area (Å²) in [6.07, 6.45) is 6.25. The molecule has 3 aliphatic carbocycles. The van der Waals surface area contributed by atoms with Crippen LogP contribution in [0, 0.1) is 23.2 Å². The fraction of sp³-hybridized carbons (Fsp3) is 1.00. The van der Waals surface area contributed by atoms with Crippen LogP contribution in [-0.4, -0.2) is 0 Å². The van der Waals surface area contributed by atoms with Gasteiger partial charge in [0.1, 0.15) is 0 Å². The van der Waals surface area contributed by atoms with E-state index in [0.29, 0.717) is 0 Å². The zero-order valence-corrected chi connectivity index (χ0v) is 6.06. The Bertz CT molecular complexity index is 161. The first-order chi connectivity index (χ1) is 4.36. The van der Waals surface area contributed by atoms with Crippen molar-refractivity contribution >= 4 is 0 Å². The van der Waals surface area contributed by atoms with Crippen molar-refractivity contribution in [3.63, 3.8) is 0 Å². The van der Waals surface area contributed by atoms with Gasteiger partial charge in [-0.15, -0.1) is 0 Å². The summed E-state index contributed by atoms with van der Waals surface area (Å²) in [5.74, 6) is 3.55. The molecule has 0 nitrogen and oxygen atoms in total. The van der Waals surface area contributed by atoms with Gasteiger partial charge in [-0.25, -0.2) is 0 Å². The normalized spacial score (nSPS) is 68.3. The maximum Gasteiger partial charge on any atom is -0.0206 e. The number of rotatable bonds is 0. The SMILES string of the molecule is CC1CCCC2C3CC123. The van der Waals surface area contributed by atoms with Crippen LogP contribution in [-0.2, 0) is 0 Å². The summed E-state index contributed by atoms with van der Waals surface area (Å²) in [6, 6.07) is 0. The first-order valence-electron chi connectivity index (χ1n) is 4.36.